The third-order valence-electron chi connectivity index (χ3n) is 5.50. The molecule has 2 atom stereocenters. The number of hydrogen-bond donors (Lipinski definition) is 0. The molecule has 2 aliphatic rings. The van der Waals surface area contributed by atoms with Crippen LogP contribution in [-0.4, -0.2) is 26.2 Å². The van der Waals surface area contributed by atoms with Gasteiger partial charge in [-0.3, -0.25) is 0 Å². The van der Waals surface area contributed by atoms with Gasteiger partial charge in [0.05, 0.1) is 25.3 Å². The second kappa shape index (κ2) is 6.91. The van der Waals surface area contributed by atoms with Gasteiger partial charge in [-0.05, 0) is 24.3 Å². The minimum atomic E-state index is -0.648. The molecule has 0 amide bonds. The van der Waals surface area contributed by atoms with E-state index in [2.05, 4.69) is 0 Å². The Labute approximate surface area is 173 Å². The first-order valence-corrected chi connectivity index (χ1v) is 9.48. The summed E-state index contributed by atoms with van der Waals surface area (Å²) >= 11 is 0. The summed E-state index contributed by atoms with van der Waals surface area (Å²) in [4.78, 5) is 24.8. The highest BCUT2D eigenvalue weighted by molar-refractivity contribution is 5.95. The molecule has 0 saturated carbocycles. The fourth-order valence-corrected chi connectivity index (χ4v) is 4.14. The maximum Gasteiger partial charge on any atom is 0.339 e. The third kappa shape index (κ3) is 2.64. The molecular weight excluding hydrogens is 384 g/mol. The number of ether oxygens (including phenoxy) is 4. The SMILES string of the molecule is COc1cc(C2OC(=O)c3ccccc32)c(OC)c(C2OC(=O)c3ccccc32)c1. The zero-order valence-electron chi connectivity index (χ0n) is 16.4. The largest absolute Gasteiger partial charge is 0.497 e. The molecular formula is C24H18O6. The molecule has 0 bridgehead atoms. The van der Waals surface area contributed by atoms with E-state index in [-0.39, 0.29) is 11.9 Å². The minimum Gasteiger partial charge on any atom is -0.497 e. The molecule has 2 unspecified atom stereocenters. The molecule has 6 nitrogen and oxygen atoms in total. The molecule has 0 aromatic heterocycles. The molecule has 0 N–H and O–H groups in total. The fourth-order valence-electron chi connectivity index (χ4n) is 4.14. The molecule has 6 heteroatoms. The summed E-state index contributed by atoms with van der Waals surface area (Å²) in [7, 11) is 3.10. The van der Waals surface area contributed by atoms with Crippen LogP contribution in [0.4, 0.5) is 0 Å². The Kier molecular flexibility index (Phi) is 4.20. The first-order valence-electron chi connectivity index (χ1n) is 9.48. The molecule has 150 valence electrons. The van der Waals surface area contributed by atoms with Crippen molar-refractivity contribution in [2.24, 2.45) is 0 Å². The Morgan fingerprint density at radius 3 is 1.57 bits per heavy atom. The van der Waals surface area contributed by atoms with Crippen LogP contribution in [-0.2, 0) is 9.47 Å². The van der Waals surface area contributed by atoms with Crippen molar-refractivity contribution in [3.8, 4) is 11.5 Å². The maximum atomic E-state index is 12.4. The standard InChI is InChI=1S/C24H18O6/c1-27-13-11-18(21-14-7-3-5-9-16(14)23(25)29-21)20(28-2)19(12-13)22-15-8-4-6-10-17(15)24(26)30-22/h3-12,21-22H,1-2H3. The number of carbonyl (C=O) groups excluding carboxylic acids is 2. The van der Waals surface area contributed by atoms with Gasteiger partial charge in [-0.25, -0.2) is 9.59 Å². The number of carbonyl (C=O) groups is 2. The Bertz CT molecular complexity index is 1100. The van der Waals surface area contributed by atoms with Gasteiger partial charge in [-0.1, -0.05) is 36.4 Å². The van der Waals surface area contributed by atoms with E-state index in [9.17, 15) is 9.59 Å². The number of hydrogen-bond acceptors (Lipinski definition) is 6. The lowest BCUT2D eigenvalue weighted by Crippen LogP contribution is -2.09. The van der Waals surface area contributed by atoms with E-state index in [4.69, 9.17) is 18.9 Å². The molecule has 0 saturated heterocycles. The van der Waals surface area contributed by atoms with Crippen LogP contribution in [0.25, 0.3) is 0 Å². The third-order valence-corrected chi connectivity index (χ3v) is 5.50. The topological polar surface area (TPSA) is 71.1 Å². The van der Waals surface area contributed by atoms with E-state index in [1.165, 1.54) is 0 Å². The minimum absolute atomic E-state index is 0.389. The van der Waals surface area contributed by atoms with Gasteiger partial charge < -0.3 is 18.9 Å². The number of benzene rings is 3. The number of esters is 2. The summed E-state index contributed by atoms with van der Waals surface area (Å²) in [6.07, 6.45) is -1.30. The summed E-state index contributed by atoms with van der Waals surface area (Å²) in [5, 5.41) is 0. The summed E-state index contributed by atoms with van der Waals surface area (Å²) in [6.45, 7) is 0. The smallest absolute Gasteiger partial charge is 0.339 e. The van der Waals surface area contributed by atoms with Crippen LogP contribution in [0.15, 0.2) is 60.7 Å². The lowest BCUT2D eigenvalue weighted by Gasteiger charge is -2.22. The van der Waals surface area contributed by atoms with Crippen molar-refractivity contribution in [3.63, 3.8) is 0 Å². The highest BCUT2D eigenvalue weighted by atomic mass is 16.6. The molecule has 3 aromatic carbocycles. The van der Waals surface area contributed by atoms with E-state index in [0.717, 1.165) is 11.1 Å². The van der Waals surface area contributed by atoms with Crippen LogP contribution in [0, 0.1) is 0 Å². The zero-order valence-corrected chi connectivity index (χ0v) is 16.4. The van der Waals surface area contributed by atoms with E-state index < -0.39 is 12.2 Å². The number of cyclic esters (lactones) is 2. The molecule has 5 rings (SSSR count). The van der Waals surface area contributed by atoms with Crippen LogP contribution in [0.3, 0.4) is 0 Å². The van der Waals surface area contributed by atoms with Gasteiger partial charge in [0.2, 0.25) is 0 Å². The first kappa shape index (κ1) is 18.2. The fraction of sp³-hybridized carbons (Fsp3) is 0.167. The highest BCUT2D eigenvalue weighted by Crippen LogP contribution is 2.47. The number of methoxy groups -OCH3 is 2. The molecule has 3 aromatic rings. The molecule has 0 spiro atoms. The lowest BCUT2D eigenvalue weighted by molar-refractivity contribution is 0.0447. The van der Waals surface area contributed by atoms with E-state index in [1.807, 2.05) is 24.3 Å². The van der Waals surface area contributed by atoms with Gasteiger partial charge in [-0.2, -0.15) is 0 Å². The van der Waals surface area contributed by atoms with Crippen LogP contribution in [0.2, 0.25) is 0 Å². The van der Waals surface area contributed by atoms with E-state index in [0.29, 0.717) is 33.8 Å². The van der Waals surface area contributed by atoms with Crippen molar-refractivity contribution in [3.05, 3.63) is 94.0 Å². The van der Waals surface area contributed by atoms with Crippen molar-refractivity contribution >= 4 is 11.9 Å². The quantitative estimate of drug-likeness (QED) is 0.609. The van der Waals surface area contributed by atoms with Gasteiger partial charge >= 0.3 is 11.9 Å². The summed E-state index contributed by atoms with van der Waals surface area (Å²) < 4.78 is 22.6. The second-order valence-corrected chi connectivity index (χ2v) is 7.08. The maximum absolute atomic E-state index is 12.4. The predicted octanol–water partition coefficient (Wildman–Crippen LogP) is 4.22. The lowest BCUT2D eigenvalue weighted by atomic mass is 9.92. The van der Waals surface area contributed by atoms with Gasteiger partial charge in [0.15, 0.2) is 12.2 Å². The van der Waals surface area contributed by atoms with Crippen LogP contribution in [0.1, 0.15) is 55.2 Å². The molecule has 0 fully saturated rings. The van der Waals surface area contributed by atoms with Crippen LogP contribution in [0.5, 0.6) is 11.5 Å². The van der Waals surface area contributed by atoms with Crippen molar-refractivity contribution in [2.75, 3.05) is 14.2 Å². The average molecular weight is 402 g/mol. The van der Waals surface area contributed by atoms with Crippen LogP contribution < -0.4 is 9.47 Å². The van der Waals surface area contributed by atoms with Crippen molar-refractivity contribution in [1.29, 1.82) is 0 Å². The zero-order chi connectivity index (χ0) is 20.8. The van der Waals surface area contributed by atoms with Crippen molar-refractivity contribution in [1.82, 2.24) is 0 Å². The van der Waals surface area contributed by atoms with Crippen molar-refractivity contribution in [2.45, 2.75) is 12.2 Å². The van der Waals surface area contributed by atoms with Crippen molar-refractivity contribution < 1.29 is 28.5 Å². The summed E-state index contributed by atoms with van der Waals surface area (Å²) in [5.41, 5.74) is 3.81. The van der Waals surface area contributed by atoms with Gasteiger partial charge in [0.1, 0.15) is 11.5 Å². The average Bonchev–Trinajstić information content (AvgIpc) is 3.30. The monoisotopic (exact) mass is 402 g/mol. The predicted molar refractivity (Wildman–Crippen MR) is 107 cm³/mol. The summed E-state index contributed by atoms with van der Waals surface area (Å²) in [6, 6.07) is 18.1. The Morgan fingerprint density at radius 1 is 0.667 bits per heavy atom. The highest BCUT2D eigenvalue weighted by Gasteiger charge is 2.38. The Hall–Kier alpha value is -3.80. The van der Waals surface area contributed by atoms with E-state index >= 15 is 0 Å². The normalized spacial score (nSPS) is 19.0. The van der Waals surface area contributed by atoms with Crippen LogP contribution >= 0.6 is 0 Å². The van der Waals surface area contributed by atoms with Gasteiger partial charge in [0.25, 0.3) is 0 Å². The second-order valence-electron chi connectivity index (χ2n) is 7.08. The Balaban J connectivity index is 1.70. The van der Waals surface area contributed by atoms with Gasteiger partial charge in [-0.15, -0.1) is 0 Å². The molecule has 2 aliphatic heterocycles. The number of rotatable bonds is 4. The van der Waals surface area contributed by atoms with E-state index in [1.54, 1.807) is 50.6 Å². The van der Waals surface area contributed by atoms with Gasteiger partial charge in [0, 0.05) is 22.3 Å². The molecule has 0 aliphatic carbocycles. The first-order chi connectivity index (χ1) is 14.6. The summed E-state index contributed by atoms with van der Waals surface area (Å²) in [5.74, 6) is 0.251. The number of fused-ring (bicyclic) bond motifs is 2. The molecule has 2 heterocycles. The molecule has 30 heavy (non-hydrogen) atoms. The molecule has 0 radical (unpaired) electrons. The Morgan fingerprint density at radius 2 is 1.13 bits per heavy atom.